The smallest absolute Gasteiger partial charge is 0.323 e. The van der Waals surface area contributed by atoms with Crippen LogP contribution in [0, 0.1) is 6.92 Å². The summed E-state index contributed by atoms with van der Waals surface area (Å²) in [4.78, 5) is 12.7. The van der Waals surface area contributed by atoms with Crippen molar-refractivity contribution in [3.05, 3.63) is 23.8 Å². The molecule has 4 nitrogen and oxygen atoms in total. The molecule has 0 aromatic heterocycles. The maximum Gasteiger partial charge on any atom is 0.323 e. The number of rotatable bonds is 2. The molecule has 16 heavy (non-hydrogen) atoms. The number of hydrogen-bond donors (Lipinski definition) is 2. The first-order valence-corrected chi connectivity index (χ1v) is 5.48. The van der Waals surface area contributed by atoms with Crippen LogP contribution in [-0.4, -0.2) is 30.7 Å². The van der Waals surface area contributed by atoms with Crippen molar-refractivity contribution in [3.63, 3.8) is 0 Å². The van der Waals surface area contributed by atoms with E-state index in [0.717, 1.165) is 36.4 Å². The molecule has 4 heteroatoms. The number of aryl methyl sites for hydroxylation is 1. The number of anilines is 2. The number of carbonyl (C=O) groups is 1. The lowest BCUT2D eigenvalue weighted by Gasteiger charge is -2.23. The van der Waals surface area contributed by atoms with Crippen LogP contribution in [-0.2, 0) is 4.79 Å². The Kier molecular flexibility index (Phi) is 2.99. The highest BCUT2D eigenvalue weighted by Crippen LogP contribution is 2.30. The quantitative estimate of drug-likeness (QED) is 0.796. The first-order valence-electron chi connectivity index (χ1n) is 5.48. The molecule has 0 aliphatic carbocycles. The van der Waals surface area contributed by atoms with Crippen molar-refractivity contribution in [2.75, 3.05) is 29.9 Å². The summed E-state index contributed by atoms with van der Waals surface area (Å²) in [6, 6.07) is 5.98. The van der Waals surface area contributed by atoms with Gasteiger partial charge in [0.2, 0.25) is 0 Å². The highest BCUT2D eigenvalue weighted by Gasteiger charge is 2.17. The summed E-state index contributed by atoms with van der Waals surface area (Å²) in [7, 11) is 0. The summed E-state index contributed by atoms with van der Waals surface area (Å²) < 4.78 is 0. The molecule has 0 atom stereocenters. The Morgan fingerprint density at radius 1 is 1.56 bits per heavy atom. The summed E-state index contributed by atoms with van der Waals surface area (Å²) in [6.07, 6.45) is 0.960. The number of benzene rings is 1. The van der Waals surface area contributed by atoms with Gasteiger partial charge in [0, 0.05) is 13.1 Å². The Hall–Kier alpha value is -1.71. The van der Waals surface area contributed by atoms with E-state index in [1.165, 1.54) is 0 Å². The molecule has 0 amide bonds. The third kappa shape index (κ3) is 2.10. The van der Waals surface area contributed by atoms with Crippen LogP contribution in [0.15, 0.2) is 18.2 Å². The zero-order chi connectivity index (χ0) is 11.5. The van der Waals surface area contributed by atoms with E-state index in [9.17, 15) is 4.79 Å². The summed E-state index contributed by atoms with van der Waals surface area (Å²) in [5.74, 6) is -0.783. The fourth-order valence-electron chi connectivity index (χ4n) is 2.08. The maximum absolute atomic E-state index is 10.8. The molecular formula is C12H16N2O2. The van der Waals surface area contributed by atoms with Gasteiger partial charge in [-0.3, -0.25) is 4.79 Å². The zero-order valence-electron chi connectivity index (χ0n) is 9.36. The van der Waals surface area contributed by atoms with Gasteiger partial charge in [0.25, 0.3) is 0 Å². The first kappa shape index (κ1) is 10.8. The Labute approximate surface area is 94.9 Å². The van der Waals surface area contributed by atoms with E-state index in [-0.39, 0.29) is 6.54 Å². The van der Waals surface area contributed by atoms with Crippen LogP contribution in [0.2, 0.25) is 0 Å². The summed E-state index contributed by atoms with van der Waals surface area (Å²) >= 11 is 0. The fourth-order valence-corrected chi connectivity index (χ4v) is 2.08. The van der Waals surface area contributed by atoms with Crippen molar-refractivity contribution in [1.29, 1.82) is 0 Å². The number of carboxylic acid groups (broad SMARTS) is 1. The molecule has 1 aliphatic heterocycles. The molecular weight excluding hydrogens is 204 g/mol. The molecule has 2 N–H and O–H groups in total. The van der Waals surface area contributed by atoms with Gasteiger partial charge in [-0.1, -0.05) is 12.1 Å². The normalized spacial score (nSPS) is 14.9. The van der Waals surface area contributed by atoms with Crippen molar-refractivity contribution in [3.8, 4) is 0 Å². The average molecular weight is 220 g/mol. The Bertz CT molecular complexity index is 404. The van der Waals surface area contributed by atoms with Gasteiger partial charge in [-0.15, -0.1) is 0 Å². The average Bonchev–Trinajstić information content (AvgIpc) is 2.42. The molecule has 0 spiro atoms. The Morgan fingerprint density at radius 2 is 2.38 bits per heavy atom. The van der Waals surface area contributed by atoms with Crippen molar-refractivity contribution < 1.29 is 9.90 Å². The van der Waals surface area contributed by atoms with Gasteiger partial charge < -0.3 is 15.3 Å². The molecule has 0 fully saturated rings. The first-order chi connectivity index (χ1) is 7.68. The lowest BCUT2D eigenvalue weighted by atomic mass is 10.1. The molecule has 0 saturated heterocycles. The van der Waals surface area contributed by atoms with Gasteiger partial charge in [0.15, 0.2) is 0 Å². The van der Waals surface area contributed by atoms with E-state index in [1.807, 2.05) is 30.0 Å². The molecule has 0 radical (unpaired) electrons. The van der Waals surface area contributed by atoms with E-state index >= 15 is 0 Å². The van der Waals surface area contributed by atoms with Gasteiger partial charge in [0.1, 0.15) is 6.54 Å². The van der Waals surface area contributed by atoms with Gasteiger partial charge in [-0.25, -0.2) is 0 Å². The van der Waals surface area contributed by atoms with E-state index < -0.39 is 5.97 Å². The molecule has 0 bridgehead atoms. The number of fused-ring (bicyclic) bond motifs is 1. The third-order valence-corrected chi connectivity index (χ3v) is 2.82. The minimum atomic E-state index is -0.783. The standard InChI is InChI=1S/C12H16N2O2/c1-9-4-2-5-10-12(9)13-6-3-7-14(10)8-11(15)16/h2,4-5,13H,3,6-8H2,1H3,(H,15,16). The summed E-state index contributed by atoms with van der Waals surface area (Å²) in [5, 5.41) is 12.3. The number of para-hydroxylation sites is 1. The third-order valence-electron chi connectivity index (χ3n) is 2.82. The van der Waals surface area contributed by atoms with Gasteiger partial charge >= 0.3 is 5.97 Å². The number of nitrogens with zero attached hydrogens (tertiary/aromatic N) is 1. The van der Waals surface area contributed by atoms with Gasteiger partial charge in [-0.2, -0.15) is 0 Å². The largest absolute Gasteiger partial charge is 0.480 e. The minimum absolute atomic E-state index is 0.0676. The maximum atomic E-state index is 10.8. The molecule has 2 rings (SSSR count). The number of carboxylic acids is 1. The van der Waals surface area contributed by atoms with Crippen molar-refractivity contribution in [2.24, 2.45) is 0 Å². The second kappa shape index (κ2) is 4.43. The molecule has 1 heterocycles. The summed E-state index contributed by atoms with van der Waals surface area (Å²) in [5.41, 5.74) is 3.23. The molecule has 86 valence electrons. The number of aliphatic carboxylic acids is 1. The zero-order valence-corrected chi connectivity index (χ0v) is 9.36. The highest BCUT2D eigenvalue weighted by molar-refractivity contribution is 5.80. The van der Waals surface area contributed by atoms with E-state index in [0.29, 0.717) is 0 Å². The second-order valence-corrected chi connectivity index (χ2v) is 4.06. The van der Waals surface area contributed by atoms with E-state index in [1.54, 1.807) is 0 Å². The Morgan fingerprint density at radius 3 is 3.12 bits per heavy atom. The second-order valence-electron chi connectivity index (χ2n) is 4.06. The lowest BCUT2D eigenvalue weighted by molar-refractivity contribution is -0.135. The van der Waals surface area contributed by atoms with E-state index in [2.05, 4.69) is 5.32 Å². The number of nitrogens with one attached hydrogen (secondary N) is 1. The van der Waals surface area contributed by atoms with Gasteiger partial charge in [-0.05, 0) is 25.0 Å². The van der Waals surface area contributed by atoms with Crippen LogP contribution in [0.5, 0.6) is 0 Å². The SMILES string of the molecule is Cc1cccc2c1NCCCN2CC(=O)O. The minimum Gasteiger partial charge on any atom is -0.480 e. The van der Waals surface area contributed by atoms with Crippen molar-refractivity contribution >= 4 is 17.3 Å². The molecule has 1 aliphatic rings. The molecule has 1 aromatic rings. The van der Waals surface area contributed by atoms with Crippen LogP contribution >= 0.6 is 0 Å². The lowest BCUT2D eigenvalue weighted by Crippen LogP contribution is -2.30. The predicted octanol–water partition coefficient (Wildman–Crippen LogP) is 1.70. The Balaban J connectivity index is 2.36. The van der Waals surface area contributed by atoms with Crippen molar-refractivity contribution in [2.45, 2.75) is 13.3 Å². The predicted molar refractivity (Wildman–Crippen MR) is 64.1 cm³/mol. The van der Waals surface area contributed by atoms with Gasteiger partial charge in [0.05, 0.1) is 11.4 Å². The van der Waals surface area contributed by atoms with E-state index in [4.69, 9.17) is 5.11 Å². The highest BCUT2D eigenvalue weighted by atomic mass is 16.4. The van der Waals surface area contributed by atoms with Crippen molar-refractivity contribution in [1.82, 2.24) is 0 Å². The molecule has 0 saturated carbocycles. The molecule has 1 aromatic carbocycles. The van der Waals surface area contributed by atoms with Crippen LogP contribution in [0.3, 0.4) is 0 Å². The number of hydrogen-bond acceptors (Lipinski definition) is 3. The monoisotopic (exact) mass is 220 g/mol. The van der Waals surface area contributed by atoms with Crippen LogP contribution < -0.4 is 10.2 Å². The van der Waals surface area contributed by atoms with Crippen LogP contribution in [0.1, 0.15) is 12.0 Å². The molecule has 0 unspecified atom stereocenters. The van der Waals surface area contributed by atoms with Crippen LogP contribution in [0.25, 0.3) is 0 Å². The van der Waals surface area contributed by atoms with Crippen LogP contribution in [0.4, 0.5) is 11.4 Å². The summed E-state index contributed by atoms with van der Waals surface area (Å²) in [6.45, 7) is 3.79. The topological polar surface area (TPSA) is 52.6 Å². The fraction of sp³-hybridized carbons (Fsp3) is 0.417.